The lowest BCUT2D eigenvalue weighted by atomic mass is 10.0. The van der Waals surface area contributed by atoms with E-state index >= 15 is 0 Å². The molecule has 9 heteroatoms. The molecule has 4 nitrogen and oxygen atoms in total. The number of nitrogens with one attached hydrogen (secondary N) is 2. The van der Waals surface area contributed by atoms with Gasteiger partial charge < -0.3 is 5.43 Å². The molecule has 1 aliphatic rings. The van der Waals surface area contributed by atoms with Crippen molar-refractivity contribution in [2.75, 3.05) is 17.0 Å². The second-order valence-electron chi connectivity index (χ2n) is 7.91. The van der Waals surface area contributed by atoms with Crippen LogP contribution in [0.4, 0.5) is 28.9 Å². The molecule has 38 heavy (non-hydrogen) atoms. The van der Waals surface area contributed by atoms with Gasteiger partial charge in [-0.1, -0.05) is 73.3 Å². The molecule has 0 saturated carbocycles. The number of rotatable bonds is 4. The molecule has 4 N–H and O–H groups in total. The summed E-state index contributed by atoms with van der Waals surface area (Å²) in [7, 11) is 0. The highest BCUT2D eigenvalue weighted by atomic mass is 127. The van der Waals surface area contributed by atoms with Crippen LogP contribution in [0, 0.1) is 23.3 Å². The van der Waals surface area contributed by atoms with Gasteiger partial charge in [0.25, 0.3) is 0 Å². The van der Waals surface area contributed by atoms with Crippen molar-refractivity contribution in [2.45, 2.75) is 12.5 Å². The van der Waals surface area contributed by atoms with Crippen molar-refractivity contribution >= 4 is 41.4 Å². The zero-order valence-electron chi connectivity index (χ0n) is 20.5. The fourth-order valence-corrected chi connectivity index (χ4v) is 3.72. The number of nitrogens with zero attached hydrogens (tertiary/aromatic N) is 1. The van der Waals surface area contributed by atoms with E-state index in [4.69, 9.17) is 5.84 Å². The van der Waals surface area contributed by atoms with Gasteiger partial charge in [-0.25, -0.2) is 23.0 Å². The molecule has 200 valence electrons. The second kappa shape index (κ2) is 15.8. The summed E-state index contributed by atoms with van der Waals surface area (Å²) in [6.07, 6.45) is 2.24. The molecule has 0 aliphatic carbocycles. The predicted octanol–water partition coefficient (Wildman–Crippen LogP) is 7.62. The highest BCUT2D eigenvalue weighted by molar-refractivity contribution is 14.0. The van der Waals surface area contributed by atoms with E-state index < -0.39 is 0 Å². The van der Waals surface area contributed by atoms with Crippen LogP contribution < -0.4 is 21.7 Å². The van der Waals surface area contributed by atoms with Gasteiger partial charge >= 0.3 is 0 Å². The maximum atomic E-state index is 13.9. The van der Waals surface area contributed by atoms with Gasteiger partial charge in [0.15, 0.2) is 0 Å². The van der Waals surface area contributed by atoms with Crippen molar-refractivity contribution in [2.24, 2.45) is 5.84 Å². The summed E-state index contributed by atoms with van der Waals surface area (Å²) in [5, 5.41) is 1.72. The number of anilines is 2. The van der Waals surface area contributed by atoms with Crippen LogP contribution in [-0.2, 0) is 0 Å². The molecule has 4 aromatic rings. The molecule has 1 atom stereocenters. The third kappa shape index (κ3) is 8.30. The molecule has 1 fully saturated rings. The van der Waals surface area contributed by atoms with Crippen molar-refractivity contribution in [3.8, 4) is 0 Å². The van der Waals surface area contributed by atoms with Gasteiger partial charge in [-0.2, -0.15) is 0 Å². The minimum Gasteiger partial charge on any atom is -0.321 e. The Hall–Kier alpha value is -3.41. The average molecular weight is 636 g/mol. The van der Waals surface area contributed by atoms with Crippen LogP contribution >= 0.6 is 24.0 Å². The molecule has 1 saturated heterocycles. The minimum atomic E-state index is -0.333. The zero-order chi connectivity index (χ0) is 26.6. The third-order valence-electron chi connectivity index (χ3n) is 5.54. The van der Waals surface area contributed by atoms with E-state index in [2.05, 4.69) is 17.4 Å². The molecule has 4 aromatic carbocycles. The van der Waals surface area contributed by atoms with Crippen molar-refractivity contribution in [1.82, 2.24) is 5.43 Å². The molecular weight excluding hydrogens is 607 g/mol. The Morgan fingerprint density at radius 3 is 1.84 bits per heavy atom. The Kier molecular flexibility index (Phi) is 12.8. The lowest BCUT2D eigenvalue weighted by molar-refractivity contribution is 0.562. The molecule has 1 unspecified atom stereocenters. The zero-order valence-corrected chi connectivity index (χ0v) is 22.8. The Balaban J connectivity index is 0.000000224. The molecule has 0 amide bonds. The molecule has 1 heterocycles. The number of benzene rings is 4. The van der Waals surface area contributed by atoms with Crippen molar-refractivity contribution in [3.63, 3.8) is 0 Å². The summed E-state index contributed by atoms with van der Waals surface area (Å²) < 4.78 is 52.7. The fraction of sp³-hybridized carbons (Fsp3) is 0.103. The molecule has 5 rings (SSSR count). The second-order valence-corrected chi connectivity index (χ2v) is 7.91. The topological polar surface area (TPSA) is 53.3 Å². The normalized spacial score (nSPS) is 13.7. The Labute approximate surface area is 237 Å². The van der Waals surface area contributed by atoms with Gasteiger partial charge in [-0.15, -0.1) is 24.0 Å². The highest BCUT2D eigenvalue weighted by Gasteiger charge is 2.29. The molecular formula is C29H29F4IN4. The van der Waals surface area contributed by atoms with Gasteiger partial charge in [0.1, 0.15) is 23.3 Å². The van der Waals surface area contributed by atoms with E-state index in [1.807, 2.05) is 0 Å². The van der Waals surface area contributed by atoms with Crippen LogP contribution in [-0.4, -0.2) is 6.54 Å². The van der Waals surface area contributed by atoms with Gasteiger partial charge in [0.2, 0.25) is 0 Å². The van der Waals surface area contributed by atoms with E-state index in [9.17, 15) is 17.6 Å². The summed E-state index contributed by atoms with van der Waals surface area (Å²) in [5.74, 6) is 3.85. The van der Waals surface area contributed by atoms with Crippen LogP contribution in [0.3, 0.4) is 0 Å². The average Bonchev–Trinajstić information content (AvgIpc) is 3.40. The fourth-order valence-electron chi connectivity index (χ4n) is 3.72. The van der Waals surface area contributed by atoms with Crippen molar-refractivity contribution in [3.05, 3.63) is 138 Å². The van der Waals surface area contributed by atoms with E-state index in [0.29, 0.717) is 29.0 Å². The highest BCUT2D eigenvalue weighted by Crippen LogP contribution is 2.34. The maximum absolute atomic E-state index is 13.9. The van der Waals surface area contributed by atoms with E-state index in [1.54, 1.807) is 77.8 Å². The van der Waals surface area contributed by atoms with Crippen molar-refractivity contribution < 1.29 is 17.6 Å². The van der Waals surface area contributed by atoms with Gasteiger partial charge in [-0.05, 0) is 42.8 Å². The van der Waals surface area contributed by atoms with Crippen LogP contribution in [0.1, 0.15) is 23.6 Å². The van der Waals surface area contributed by atoms with Crippen LogP contribution in [0.5, 0.6) is 0 Å². The van der Waals surface area contributed by atoms with Gasteiger partial charge in [0.05, 0.1) is 17.4 Å². The number of hydrogen-bond acceptors (Lipinski definition) is 4. The largest absolute Gasteiger partial charge is 0.321 e. The summed E-state index contributed by atoms with van der Waals surface area (Å²) in [6, 6.07) is 25.7. The number of halogens is 5. The van der Waals surface area contributed by atoms with Gasteiger partial charge in [0, 0.05) is 17.7 Å². The third-order valence-corrected chi connectivity index (χ3v) is 5.54. The number of hydrogen-bond donors (Lipinski definition) is 3. The van der Waals surface area contributed by atoms with E-state index in [0.717, 1.165) is 6.42 Å². The number of nitrogen functional groups attached to an aromatic ring is 1. The first kappa shape index (κ1) is 30.8. The molecule has 0 radical (unpaired) electrons. The molecule has 0 aromatic heterocycles. The van der Waals surface area contributed by atoms with Gasteiger partial charge in [-0.3, -0.25) is 10.9 Å². The summed E-state index contributed by atoms with van der Waals surface area (Å²) >= 11 is 0. The quantitative estimate of drug-likeness (QED) is 0.0935. The number of nitrogens with two attached hydrogens (primary N) is 1. The lowest BCUT2D eigenvalue weighted by Gasteiger charge is -2.27. The SMILES string of the molecule is C=Cc1ccccc1F.Fc1ccccc1C1CCNN1c1ccccc1F.I.NNc1ccccc1F. The molecule has 0 spiro atoms. The first-order chi connectivity index (χ1) is 18.0. The first-order valence-corrected chi connectivity index (χ1v) is 11.6. The standard InChI is InChI=1S/C15H14F2N2.C8H7F.C6H7FN2.HI/c16-12-6-2-1-5-11(12)14-9-10-18-19(14)15-8-4-3-7-13(15)17;1-2-7-5-3-4-6-8(7)9;7-5-3-1-2-4-6(5)9-8;/h1-8,14,18H,9-10H2;2-6H,1H2;1-4,9H,8H2;1H. The van der Waals surface area contributed by atoms with Crippen LogP contribution in [0.2, 0.25) is 0 Å². The van der Waals surface area contributed by atoms with Crippen LogP contribution in [0.15, 0.2) is 104 Å². The summed E-state index contributed by atoms with van der Waals surface area (Å²) in [5.41, 5.74) is 7.25. The predicted molar refractivity (Wildman–Crippen MR) is 157 cm³/mol. The molecule has 1 aliphatic heterocycles. The van der Waals surface area contributed by atoms with Crippen LogP contribution in [0.25, 0.3) is 6.08 Å². The van der Waals surface area contributed by atoms with E-state index in [1.165, 1.54) is 30.3 Å². The summed E-state index contributed by atoms with van der Waals surface area (Å²) in [6.45, 7) is 4.15. The minimum absolute atomic E-state index is 0. The first-order valence-electron chi connectivity index (χ1n) is 11.6. The van der Waals surface area contributed by atoms with E-state index in [-0.39, 0.29) is 53.3 Å². The number of para-hydroxylation sites is 2. The maximum Gasteiger partial charge on any atom is 0.147 e. The Morgan fingerprint density at radius 1 is 0.763 bits per heavy atom. The summed E-state index contributed by atoms with van der Waals surface area (Å²) in [4.78, 5) is 0. The molecule has 0 bridgehead atoms. The lowest BCUT2D eigenvalue weighted by Crippen LogP contribution is -2.33. The van der Waals surface area contributed by atoms with Crippen molar-refractivity contribution in [1.29, 1.82) is 0 Å². The number of hydrazine groups is 2. The Bertz CT molecular complexity index is 1250. The smallest absolute Gasteiger partial charge is 0.147 e. The Morgan fingerprint density at radius 2 is 1.32 bits per heavy atom. The monoisotopic (exact) mass is 636 g/mol.